The van der Waals surface area contributed by atoms with Crippen molar-refractivity contribution in [3.63, 3.8) is 0 Å². The zero-order valence-electron chi connectivity index (χ0n) is 12.8. The summed E-state index contributed by atoms with van der Waals surface area (Å²) in [5.74, 6) is -0.678. The Bertz CT molecular complexity index is 700. The van der Waals surface area contributed by atoms with Crippen molar-refractivity contribution >= 4 is 17.5 Å². The number of carbonyl (C=O) groups is 3. The molecule has 0 spiro atoms. The van der Waals surface area contributed by atoms with E-state index in [1.165, 1.54) is 11.8 Å². The van der Waals surface area contributed by atoms with E-state index in [0.717, 1.165) is 25.9 Å². The second-order valence-corrected chi connectivity index (χ2v) is 5.67. The van der Waals surface area contributed by atoms with Gasteiger partial charge in [0.2, 0.25) is 17.5 Å². The summed E-state index contributed by atoms with van der Waals surface area (Å²) in [6.07, 6.45) is 1.98. The number of fused-ring (bicyclic) bond motifs is 1. The van der Waals surface area contributed by atoms with Crippen LogP contribution in [0, 0.1) is 0 Å². The Morgan fingerprint density at radius 2 is 1.59 bits per heavy atom. The Morgan fingerprint density at radius 3 is 2.14 bits per heavy atom. The maximum Gasteiger partial charge on any atom is 0.223 e. The van der Waals surface area contributed by atoms with Gasteiger partial charge in [0, 0.05) is 38.2 Å². The van der Waals surface area contributed by atoms with E-state index in [2.05, 4.69) is 0 Å². The number of allylic oxidation sites excluding steroid dienone is 2. The molecule has 0 bridgehead atoms. The van der Waals surface area contributed by atoms with Crippen molar-refractivity contribution in [1.82, 2.24) is 9.80 Å². The molecule has 1 aromatic rings. The largest absolute Gasteiger partial charge is 0.367 e. The van der Waals surface area contributed by atoms with Crippen molar-refractivity contribution in [1.29, 1.82) is 0 Å². The third-order valence-corrected chi connectivity index (χ3v) is 4.30. The van der Waals surface area contributed by atoms with Crippen LogP contribution in [0.2, 0.25) is 0 Å². The predicted octanol–water partition coefficient (Wildman–Crippen LogP) is 1.85. The third kappa shape index (κ3) is 2.13. The van der Waals surface area contributed by atoms with Crippen LogP contribution < -0.4 is 0 Å². The van der Waals surface area contributed by atoms with Gasteiger partial charge in [0.25, 0.3) is 0 Å². The second kappa shape index (κ2) is 5.40. The summed E-state index contributed by atoms with van der Waals surface area (Å²) in [4.78, 5) is 40.7. The first-order valence-corrected chi connectivity index (χ1v) is 7.44. The molecule has 0 N–H and O–H groups in total. The molecule has 0 unspecified atom stereocenters. The molecule has 2 aliphatic rings. The van der Waals surface area contributed by atoms with Crippen LogP contribution in [0.5, 0.6) is 0 Å². The minimum absolute atomic E-state index is 0.166. The molecular weight excluding hydrogens is 280 g/mol. The fourth-order valence-electron chi connectivity index (χ4n) is 3.05. The molecule has 5 heteroatoms. The number of hydrogen-bond acceptors (Lipinski definition) is 4. The molecule has 1 amide bonds. The van der Waals surface area contributed by atoms with E-state index >= 15 is 0 Å². The van der Waals surface area contributed by atoms with Crippen LogP contribution in [-0.2, 0) is 4.79 Å². The van der Waals surface area contributed by atoms with Crippen molar-refractivity contribution in [2.24, 2.45) is 0 Å². The maximum atomic E-state index is 12.9. The Kier molecular flexibility index (Phi) is 3.56. The lowest BCUT2D eigenvalue weighted by Crippen LogP contribution is -2.39. The van der Waals surface area contributed by atoms with Crippen LogP contribution in [0.4, 0.5) is 0 Å². The van der Waals surface area contributed by atoms with Crippen LogP contribution >= 0.6 is 0 Å². The van der Waals surface area contributed by atoms with Crippen LogP contribution in [0.25, 0.3) is 0 Å². The third-order valence-electron chi connectivity index (χ3n) is 4.30. The number of hydrogen-bond donors (Lipinski definition) is 0. The van der Waals surface area contributed by atoms with Crippen LogP contribution in [0.15, 0.2) is 35.7 Å². The van der Waals surface area contributed by atoms with Gasteiger partial charge in [-0.1, -0.05) is 24.3 Å². The van der Waals surface area contributed by atoms with Gasteiger partial charge in [-0.25, -0.2) is 0 Å². The SMILES string of the molecule is CC(=O)N(C)C1=C(N2CCCC2)C(=O)c2ccccc2C1=O. The molecule has 0 radical (unpaired) electrons. The summed E-state index contributed by atoms with van der Waals surface area (Å²) < 4.78 is 0. The van der Waals surface area contributed by atoms with Crippen molar-refractivity contribution in [2.45, 2.75) is 19.8 Å². The first-order chi connectivity index (χ1) is 10.5. The number of amides is 1. The fourth-order valence-corrected chi connectivity index (χ4v) is 3.05. The Balaban J connectivity index is 2.21. The predicted molar refractivity (Wildman–Crippen MR) is 81.4 cm³/mol. The molecule has 1 fully saturated rings. The van der Waals surface area contributed by atoms with Crippen LogP contribution in [-0.4, -0.2) is 47.4 Å². The highest BCUT2D eigenvalue weighted by Crippen LogP contribution is 2.31. The summed E-state index contributed by atoms with van der Waals surface area (Å²) in [6, 6.07) is 6.81. The van der Waals surface area contributed by atoms with Crippen LogP contribution in [0.3, 0.4) is 0 Å². The van der Waals surface area contributed by atoms with Gasteiger partial charge in [-0.05, 0) is 12.8 Å². The summed E-state index contributed by atoms with van der Waals surface area (Å²) in [5.41, 5.74) is 1.38. The molecular formula is C17H18N2O3. The standard InChI is InChI=1S/C17H18N2O3/c1-11(20)18(2)14-15(19-9-5-6-10-19)17(22)13-8-4-3-7-12(13)16(14)21/h3-4,7-8H,5-6,9-10H2,1-2H3. The maximum absolute atomic E-state index is 12.9. The van der Waals surface area contributed by atoms with Crippen molar-refractivity contribution in [3.8, 4) is 0 Å². The molecule has 0 atom stereocenters. The van der Waals surface area contributed by atoms with Crippen molar-refractivity contribution < 1.29 is 14.4 Å². The highest BCUT2D eigenvalue weighted by Gasteiger charge is 2.38. The quantitative estimate of drug-likeness (QED) is 0.836. The van der Waals surface area contributed by atoms with Gasteiger partial charge in [0.1, 0.15) is 11.4 Å². The molecule has 1 saturated heterocycles. The van der Waals surface area contributed by atoms with Gasteiger partial charge in [-0.3, -0.25) is 14.4 Å². The highest BCUT2D eigenvalue weighted by molar-refractivity contribution is 6.27. The van der Waals surface area contributed by atoms with E-state index < -0.39 is 0 Å². The van der Waals surface area contributed by atoms with Gasteiger partial charge in [-0.2, -0.15) is 0 Å². The zero-order chi connectivity index (χ0) is 15.9. The molecule has 1 heterocycles. The Labute approximate surface area is 129 Å². The fraction of sp³-hybridized carbons (Fsp3) is 0.353. The summed E-state index contributed by atoms with van der Waals surface area (Å²) >= 11 is 0. The number of ketones is 2. The Hall–Kier alpha value is -2.43. The van der Waals surface area contributed by atoms with Gasteiger partial charge in [0.05, 0.1) is 0 Å². The average molecular weight is 298 g/mol. The zero-order valence-corrected chi connectivity index (χ0v) is 12.8. The Morgan fingerprint density at radius 1 is 1.05 bits per heavy atom. The van der Waals surface area contributed by atoms with E-state index in [0.29, 0.717) is 16.8 Å². The molecule has 3 rings (SSSR count). The lowest BCUT2D eigenvalue weighted by Gasteiger charge is -2.31. The number of nitrogens with zero attached hydrogens (tertiary/aromatic N) is 2. The minimum atomic E-state index is -0.257. The molecule has 22 heavy (non-hydrogen) atoms. The highest BCUT2D eigenvalue weighted by atomic mass is 16.2. The number of likely N-dealkylation sites (N-methyl/N-ethyl adjacent to an activating group) is 1. The van der Waals surface area contributed by atoms with E-state index in [-0.39, 0.29) is 23.2 Å². The van der Waals surface area contributed by atoms with E-state index in [9.17, 15) is 14.4 Å². The first-order valence-electron chi connectivity index (χ1n) is 7.44. The summed E-state index contributed by atoms with van der Waals surface area (Å²) in [7, 11) is 1.55. The smallest absolute Gasteiger partial charge is 0.223 e. The molecule has 0 aromatic heterocycles. The van der Waals surface area contributed by atoms with Crippen molar-refractivity contribution in [3.05, 3.63) is 46.8 Å². The van der Waals surface area contributed by atoms with E-state index in [1.807, 2.05) is 4.90 Å². The lowest BCUT2D eigenvalue weighted by molar-refractivity contribution is -0.125. The topological polar surface area (TPSA) is 57.7 Å². The molecule has 114 valence electrons. The summed E-state index contributed by atoms with van der Waals surface area (Å²) in [6.45, 7) is 2.88. The normalized spacial score (nSPS) is 17.8. The van der Waals surface area contributed by atoms with Crippen LogP contribution in [0.1, 0.15) is 40.5 Å². The van der Waals surface area contributed by atoms with Gasteiger partial charge in [-0.15, -0.1) is 0 Å². The first kappa shape index (κ1) is 14.5. The van der Waals surface area contributed by atoms with Crippen molar-refractivity contribution in [2.75, 3.05) is 20.1 Å². The number of Topliss-reactive ketones (excluding diaryl/α,β-unsaturated/α-hetero) is 2. The monoisotopic (exact) mass is 298 g/mol. The lowest BCUT2D eigenvalue weighted by atomic mass is 9.89. The van der Waals surface area contributed by atoms with Gasteiger partial charge < -0.3 is 9.80 Å². The van der Waals surface area contributed by atoms with Gasteiger partial charge >= 0.3 is 0 Å². The number of likely N-dealkylation sites (tertiary alicyclic amines) is 1. The number of carbonyl (C=O) groups excluding carboxylic acids is 3. The number of rotatable bonds is 2. The van der Waals surface area contributed by atoms with E-state index in [1.54, 1.807) is 31.3 Å². The van der Waals surface area contributed by atoms with E-state index in [4.69, 9.17) is 0 Å². The molecule has 1 aromatic carbocycles. The molecule has 1 aliphatic carbocycles. The van der Waals surface area contributed by atoms with Gasteiger partial charge in [0.15, 0.2) is 0 Å². The number of benzene rings is 1. The molecule has 0 saturated carbocycles. The molecule has 1 aliphatic heterocycles. The molecule has 5 nitrogen and oxygen atoms in total. The minimum Gasteiger partial charge on any atom is -0.367 e. The second-order valence-electron chi connectivity index (χ2n) is 5.67. The summed E-state index contributed by atoms with van der Waals surface area (Å²) in [5, 5.41) is 0. The average Bonchev–Trinajstić information content (AvgIpc) is 3.03.